The first kappa shape index (κ1) is 17.9. The number of nitrogens with two attached hydrogens (primary N) is 1. The lowest BCUT2D eigenvalue weighted by Crippen LogP contribution is -2.50. The number of halogens is 1. The Balaban J connectivity index is 2.03. The minimum absolute atomic E-state index is 0.184. The van der Waals surface area contributed by atoms with Crippen molar-refractivity contribution < 1.29 is 0 Å². The summed E-state index contributed by atoms with van der Waals surface area (Å²) < 4.78 is 0. The van der Waals surface area contributed by atoms with Gasteiger partial charge < -0.3 is 11.1 Å². The molecule has 3 aromatic rings. The molecule has 0 saturated heterocycles. The summed E-state index contributed by atoms with van der Waals surface area (Å²) >= 11 is 6.18. The average Bonchev–Trinajstić information content (AvgIpc) is 2.58. The summed E-state index contributed by atoms with van der Waals surface area (Å²) in [6, 6.07) is 18.4. The van der Waals surface area contributed by atoms with Crippen molar-refractivity contribution in [3.8, 4) is 11.3 Å². The minimum atomic E-state index is -0.283. The number of benzene rings is 2. The van der Waals surface area contributed by atoms with Crippen LogP contribution in [0.2, 0.25) is 5.02 Å². The fraction of sp³-hybridized carbons (Fsp3) is 0.286. The summed E-state index contributed by atoms with van der Waals surface area (Å²) in [6.45, 7) is 6.90. The highest BCUT2D eigenvalue weighted by Gasteiger charge is 2.20. The van der Waals surface area contributed by atoms with Crippen LogP contribution in [0.1, 0.15) is 26.3 Å². The number of fused-ring (bicyclic) bond motifs is 1. The smallest absolute Gasteiger partial charge is 0.0727 e. The Bertz CT molecular complexity index is 869. The van der Waals surface area contributed by atoms with Crippen molar-refractivity contribution in [2.45, 2.75) is 38.9 Å². The molecule has 3 nitrogen and oxygen atoms in total. The summed E-state index contributed by atoms with van der Waals surface area (Å²) in [5, 5.41) is 5.34. The molecule has 1 atom stereocenters. The maximum Gasteiger partial charge on any atom is 0.0727 e. The number of rotatable bonds is 5. The number of pyridine rings is 1. The van der Waals surface area contributed by atoms with Crippen LogP contribution in [0.15, 0.2) is 54.6 Å². The van der Waals surface area contributed by atoms with Gasteiger partial charge in [-0.15, -0.1) is 0 Å². The van der Waals surface area contributed by atoms with Crippen LogP contribution in [0.5, 0.6) is 0 Å². The van der Waals surface area contributed by atoms with E-state index in [0.29, 0.717) is 5.02 Å². The van der Waals surface area contributed by atoms with Crippen molar-refractivity contribution in [3.05, 3.63) is 65.2 Å². The third-order valence-electron chi connectivity index (χ3n) is 4.64. The molecule has 0 aliphatic rings. The Morgan fingerprint density at radius 1 is 1.12 bits per heavy atom. The summed E-state index contributed by atoms with van der Waals surface area (Å²) in [7, 11) is 0. The molecule has 4 heteroatoms. The highest BCUT2D eigenvalue weighted by Crippen LogP contribution is 2.27. The maximum atomic E-state index is 6.20. The van der Waals surface area contributed by atoms with Gasteiger partial charge in [0.1, 0.15) is 0 Å². The molecule has 0 aliphatic carbocycles. The van der Waals surface area contributed by atoms with E-state index in [0.717, 1.165) is 28.7 Å². The quantitative estimate of drug-likeness (QED) is 0.694. The number of nitrogens with one attached hydrogen (secondary N) is 1. The predicted octanol–water partition coefficient (Wildman–Crippen LogP) is 4.77. The molecule has 3 rings (SSSR count). The van der Waals surface area contributed by atoms with Crippen LogP contribution >= 0.6 is 11.6 Å². The van der Waals surface area contributed by atoms with Gasteiger partial charge in [0.15, 0.2) is 0 Å². The second kappa shape index (κ2) is 7.12. The summed E-state index contributed by atoms with van der Waals surface area (Å²) in [6.07, 6.45) is 0. The molecular weight excluding hydrogens is 330 g/mol. The average molecular weight is 354 g/mol. The van der Waals surface area contributed by atoms with E-state index in [4.69, 9.17) is 22.3 Å². The van der Waals surface area contributed by atoms with Crippen LogP contribution < -0.4 is 11.1 Å². The number of nitrogens with zero attached hydrogens (tertiary/aromatic N) is 1. The van der Waals surface area contributed by atoms with Gasteiger partial charge in [-0.05, 0) is 44.5 Å². The molecule has 1 unspecified atom stereocenters. The van der Waals surface area contributed by atoms with Gasteiger partial charge in [-0.25, -0.2) is 4.98 Å². The van der Waals surface area contributed by atoms with Crippen LogP contribution in [0.4, 0.5) is 0 Å². The van der Waals surface area contributed by atoms with Crippen LogP contribution in [-0.4, -0.2) is 16.6 Å². The van der Waals surface area contributed by atoms with Gasteiger partial charge in [-0.1, -0.05) is 48.0 Å². The van der Waals surface area contributed by atoms with Gasteiger partial charge in [-0.3, -0.25) is 0 Å². The van der Waals surface area contributed by atoms with Gasteiger partial charge in [-0.2, -0.15) is 0 Å². The molecule has 3 N–H and O–H groups in total. The van der Waals surface area contributed by atoms with E-state index in [1.807, 2.05) is 50.2 Å². The highest BCUT2D eigenvalue weighted by molar-refractivity contribution is 6.31. The third kappa shape index (κ3) is 4.18. The minimum Gasteiger partial charge on any atom is -0.324 e. The topological polar surface area (TPSA) is 50.9 Å². The first-order chi connectivity index (χ1) is 11.8. The lowest BCUT2D eigenvalue weighted by Gasteiger charge is -2.28. The fourth-order valence-corrected chi connectivity index (χ4v) is 2.87. The molecule has 0 radical (unpaired) electrons. The second-order valence-corrected chi connectivity index (χ2v) is 7.55. The van der Waals surface area contributed by atoms with Crippen LogP contribution in [0, 0.1) is 0 Å². The Kier molecular flexibility index (Phi) is 5.09. The normalized spacial score (nSPS) is 13.2. The number of aromatic nitrogens is 1. The van der Waals surface area contributed by atoms with Gasteiger partial charge in [0.2, 0.25) is 0 Å². The van der Waals surface area contributed by atoms with E-state index in [1.165, 1.54) is 5.56 Å². The molecule has 0 bridgehead atoms. The van der Waals surface area contributed by atoms with Gasteiger partial charge in [0.05, 0.1) is 11.2 Å². The lowest BCUT2D eigenvalue weighted by atomic mass is 9.97. The van der Waals surface area contributed by atoms with Gasteiger partial charge >= 0.3 is 0 Å². The van der Waals surface area contributed by atoms with Crippen LogP contribution in [-0.2, 0) is 6.54 Å². The first-order valence-corrected chi connectivity index (χ1v) is 8.89. The molecule has 0 saturated carbocycles. The molecule has 25 heavy (non-hydrogen) atoms. The van der Waals surface area contributed by atoms with Crippen molar-refractivity contribution in [3.63, 3.8) is 0 Å². The maximum absolute atomic E-state index is 6.20. The first-order valence-electron chi connectivity index (χ1n) is 8.51. The zero-order valence-electron chi connectivity index (χ0n) is 14.9. The monoisotopic (exact) mass is 353 g/mol. The number of hydrogen-bond donors (Lipinski definition) is 2. The molecular formula is C21H24ClN3. The molecule has 0 amide bonds. The largest absolute Gasteiger partial charge is 0.324 e. The van der Waals surface area contributed by atoms with E-state index in [-0.39, 0.29) is 11.6 Å². The SMILES string of the molecule is CC(NCc1cc(-c2ccccc2)nc2cc(Cl)ccc12)C(C)(C)N. The van der Waals surface area contributed by atoms with Crippen molar-refractivity contribution >= 4 is 22.5 Å². The summed E-state index contributed by atoms with van der Waals surface area (Å²) in [5.74, 6) is 0. The molecule has 0 aliphatic heterocycles. The van der Waals surface area contributed by atoms with E-state index in [2.05, 4.69) is 30.4 Å². The molecule has 130 valence electrons. The molecule has 0 spiro atoms. The van der Waals surface area contributed by atoms with Gasteiger partial charge in [0.25, 0.3) is 0 Å². The Hall–Kier alpha value is -1.94. The summed E-state index contributed by atoms with van der Waals surface area (Å²) in [4.78, 5) is 4.81. The zero-order valence-corrected chi connectivity index (χ0v) is 15.6. The summed E-state index contributed by atoms with van der Waals surface area (Å²) in [5.41, 5.74) is 10.1. The third-order valence-corrected chi connectivity index (χ3v) is 4.88. The fourth-order valence-electron chi connectivity index (χ4n) is 2.70. The van der Waals surface area contributed by atoms with E-state index < -0.39 is 0 Å². The molecule has 1 heterocycles. The van der Waals surface area contributed by atoms with Crippen molar-refractivity contribution in [1.82, 2.24) is 10.3 Å². The van der Waals surface area contributed by atoms with Crippen molar-refractivity contribution in [2.75, 3.05) is 0 Å². The van der Waals surface area contributed by atoms with Crippen molar-refractivity contribution in [1.29, 1.82) is 0 Å². The number of hydrogen-bond acceptors (Lipinski definition) is 3. The van der Waals surface area contributed by atoms with E-state index in [9.17, 15) is 0 Å². The Labute approximate surface area is 154 Å². The molecule has 2 aromatic carbocycles. The molecule has 1 aromatic heterocycles. The predicted molar refractivity (Wildman–Crippen MR) is 107 cm³/mol. The standard InChI is InChI=1S/C21H24ClN3/c1-14(21(2,3)23)24-13-16-11-19(15-7-5-4-6-8-15)25-20-12-17(22)9-10-18(16)20/h4-12,14,24H,13,23H2,1-3H3. The van der Waals surface area contributed by atoms with E-state index in [1.54, 1.807) is 0 Å². The van der Waals surface area contributed by atoms with Crippen LogP contribution in [0.3, 0.4) is 0 Å². The van der Waals surface area contributed by atoms with Gasteiger partial charge in [0, 0.05) is 34.1 Å². The van der Waals surface area contributed by atoms with Crippen LogP contribution in [0.25, 0.3) is 22.2 Å². The highest BCUT2D eigenvalue weighted by atomic mass is 35.5. The Morgan fingerprint density at radius 2 is 1.84 bits per heavy atom. The van der Waals surface area contributed by atoms with Crippen molar-refractivity contribution in [2.24, 2.45) is 5.73 Å². The lowest BCUT2D eigenvalue weighted by molar-refractivity contribution is 0.362. The second-order valence-electron chi connectivity index (χ2n) is 7.12. The molecule has 0 fully saturated rings. The Morgan fingerprint density at radius 3 is 2.52 bits per heavy atom. The zero-order chi connectivity index (χ0) is 18.0. The van der Waals surface area contributed by atoms with E-state index >= 15 is 0 Å².